The molecule has 0 aliphatic carbocycles. The van der Waals surface area contributed by atoms with Crippen LogP contribution in [0.1, 0.15) is 31.8 Å². The molecule has 184 valence electrons. The third kappa shape index (κ3) is 7.49. The number of carbonyl (C=O) groups is 3. The van der Waals surface area contributed by atoms with E-state index in [1.54, 1.807) is 67.0 Å². The van der Waals surface area contributed by atoms with Gasteiger partial charge in [-0.25, -0.2) is 0 Å². The van der Waals surface area contributed by atoms with Crippen molar-refractivity contribution in [2.45, 2.75) is 11.8 Å². The normalized spacial score (nSPS) is 11.0. The average molecular weight is 508 g/mol. The fourth-order valence-electron chi connectivity index (χ4n) is 3.38. The van der Waals surface area contributed by atoms with Gasteiger partial charge < -0.3 is 10.6 Å². The summed E-state index contributed by atoms with van der Waals surface area (Å²) in [4.78, 5) is 43.2. The lowest BCUT2D eigenvalue weighted by Crippen LogP contribution is -2.30. The number of anilines is 1. The number of pyridine rings is 1. The largest absolute Gasteiger partial charge is 0.321 e. The van der Waals surface area contributed by atoms with Crippen molar-refractivity contribution in [1.82, 2.24) is 10.3 Å². The Hall–Kier alpha value is -4.49. The first-order valence-corrected chi connectivity index (χ1v) is 12.6. The van der Waals surface area contributed by atoms with Crippen molar-refractivity contribution in [2.75, 3.05) is 11.1 Å². The Morgan fingerprint density at radius 2 is 1.57 bits per heavy atom. The number of aromatic nitrogens is 1. The van der Waals surface area contributed by atoms with Gasteiger partial charge in [-0.2, -0.15) is 0 Å². The molecule has 0 aliphatic heterocycles. The van der Waals surface area contributed by atoms with Crippen LogP contribution in [-0.2, 0) is 4.79 Å². The monoisotopic (exact) mass is 507 g/mol. The standard InChI is InChI=1S/C30H25N3O3S/c1-21-9-11-23(12-10-21)28(34)20-37-26-15-13-25(14-16-26)32-30(36)27(18-22-6-5-17-31-19-22)33-29(35)24-7-3-2-4-8-24/h2-19H,20H2,1H3,(H,32,36)(H,33,35)/b27-18-. The van der Waals surface area contributed by atoms with Crippen LogP contribution in [0.2, 0.25) is 0 Å². The fourth-order valence-corrected chi connectivity index (χ4v) is 4.17. The SMILES string of the molecule is Cc1ccc(C(=O)CSc2ccc(NC(=O)/C(=C/c3cccnc3)NC(=O)c3ccccc3)cc2)cc1. The summed E-state index contributed by atoms with van der Waals surface area (Å²) in [5, 5.41) is 5.53. The van der Waals surface area contributed by atoms with E-state index in [2.05, 4.69) is 15.6 Å². The molecule has 0 saturated heterocycles. The van der Waals surface area contributed by atoms with Gasteiger partial charge in [-0.05, 0) is 61.0 Å². The highest BCUT2D eigenvalue weighted by Gasteiger charge is 2.15. The van der Waals surface area contributed by atoms with Crippen molar-refractivity contribution in [3.8, 4) is 0 Å². The number of benzene rings is 3. The number of aryl methyl sites for hydroxylation is 1. The van der Waals surface area contributed by atoms with E-state index in [1.165, 1.54) is 11.8 Å². The Labute approximate surface area is 219 Å². The zero-order valence-electron chi connectivity index (χ0n) is 20.2. The van der Waals surface area contributed by atoms with Crippen molar-refractivity contribution in [2.24, 2.45) is 0 Å². The molecule has 0 unspecified atom stereocenters. The molecule has 0 saturated carbocycles. The number of nitrogens with zero attached hydrogens (tertiary/aromatic N) is 1. The first-order chi connectivity index (χ1) is 18.0. The number of rotatable bonds is 9. The Morgan fingerprint density at radius 3 is 2.24 bits per heavy atom. The van der Waals surface area contributed by atoms with Crippen LogP contribution in [0.4, 0.5) is 5.69 Å². The maximum atomic E-state index is 13.1. The van der Waals surface area contributed by atoms with Crippen LogP contribution in [0.25, 0.3) is 6.08 Å². The predicted molar refractivity (Wildman–Crippen MR) is 147 cm³/mol. The molecule has 0 bridgehead atoms. The number of hydrogen-bond donors (Lipinski definition) is 2. The molecule has 0 atom stereocenters. The van der Waals surface area contributed by atoms with Crippen molar-refractivity contribution in [3.05, 3.63) is 131 Å². The van der Waals surface area contributed by atoms with Crippen LogP contribution in [0, 0.1) is 6.92 Å². The second kappa shape index (κ2) is 12.5. The third-order valence-electron chi connectivity index (χ3n) is 5.38. The average Bonchev–Trinajstić information content (AvgIpc) is 2.93. The first kappa shape index (κ1) is 25.6. The molecule has 0 fully saturated rings. The quantitative estimate of drug-likeness (QED) is 0.170. The molecule has 0 aliphatic rings. The Bertz CT molecular complexity index is 1400. The molecule has 0 radical (unpaired) electrons. The van der Waals surface area contributed by atoms with Crippen LogP contribution in [0.5, 0.6) is 0 Å². The summed E-state index contributed by atoms with van der Waals surface area (Å²) in [5.74, 6) is -0.487. The van der Waals surface area contributed by atoms with E-state index in [0.29, 0.717) is 28.1 Å². The molecule has 6 nitrogen and oxygen atoms in total. The molecule has 3 aromatic carbocycles. The predicted octanol–water partition coefficient (Wildman–Crippen LogP) is 5.77. The molecule has 7 heteroatoms. The van der Waals surface area contributed by atoms with Gasteiger partial charge in [-0.1, -0.05) is 54.1 Å². The third-order valence-corrected chi connectivity index (χ3v) is 6.39. The van der Waals surface area contributed by atoms with Crippen LogP contribution in [0.15, 0.2) is 114 Å². The van der Waals surface area contributed by atoms with Gasteiger partial charge in [0.15, 0.2) is 5.78 Å². The number of thioether (sulfide) groups is 1. The van der Waals surface area contributed by atoms with E-state index in [1.807, 2.05) is 49.4 Å². The molecule has 1 heterocycles. The Kier molecular flexibility index (Phi) is 8.62. The van der Waals surface area contributed by atoms with Gasteiger partial charge in [-0.15, -0.1) is 11.8 Å². The molecule has 0 spiro atoms. The van der Waals surface area contributed by atoms with E-state index < -0.39 is 11.8 Å². The highest BCUT2D eigenvalue weighted by atomic mass is 32.2. The Morgan fingerprint density at radius 1 is 0.838 bits per heavy atom. The smallest absolute Gasteiger partial charge is 0.272 e. The summed E-state index contributed by atoms with van der Waals surface area (Å²) >= 11 is 1.43. The van der Waals surface area contributed by atoms with Crippen molar-refractivity contribution in [1.29, 1.82) is 0 Å². The molecule has 4 aromatic rings. The second-order valence-corrected chi connectivity index (χ2v) is 9.27. The minimum Gasteiger partial charge on any atom is -0.321 e. The fraction of sp³-hybridized carbons (Fsp3) is 0.0667. The zero-order chi connectivity index (χ0) is 26.0. The molecule has 2 N–H and O–H groups in total. The number of carbonyl (C=O) groups excluding carboxylic acids is 3. The number of hydrogen-bond acceptors (Lipinski definition) is 5. The number of amides is 2. The van der Waals surface area contributed by atoms with Gasteiger partial charge in [0, 0.05) is 34.1 Å². The van der Waals surface area contributed by atoms with E-state index in [9.17, 15) is 14.4 Å². The van der Waals surface area contributed by atoms with E-state index >= 15 is 0 Å². The van der Waals surface area contributed by atoms with Crippen molar-refractivity contribution < 1.29 is 14.4 Å². The minimum atomic E-state index is -0.469. The summed E-state index contributed by atoms with van der Waals surface area (Å²) < 4.78 is 0. The van der Waals surface area contributed by atoms with Gasteiger partial charge in [0.05, 0.1) is 5.75 Å². The van der Waals surface area contributed by atoms with Gasteiger partial charge in [-0.3, -0.25) is 19.4 Å². The van der Waals surface area contributed by atoms with Crippen LogP contribution in [-0.4, -0.2) is 28.3 Å². The number of ketones is 1. The highest BCUT2D eigenvalue weighted by Crippen LogP contribution is 2.22. The molecular formula is C30H25N3O3S. The van der Waals surface area contributed by atoms with E-state index in [4.69, 9.17) is 0 Å². The van der Waals surface area contributed by atoms with Crippen LogP contribution in [0.3, 0.4) is 0 Å². The lowest BCUT2D eigenvalue weighted by Gasteiger charge is -2.12. The maximum Gasteiger partial charge on any atom is 0.272 e. The maximum absolute atomic E-state index is 13.1. The first-order valence-electron chi connectivity index (χ1n) is 11.6. The molecule has 2 amide bonds. The lowest BCUT2D eigenvalue weighted by molar-refractivity contribution is -0.113. The highest BCUT2D eigenvalue weighted by molar-refractivity contribution is 8.00. The summed E-state index contributed by atoms with van der Waals surface area (Å²) in [7, 11) is 0. The molecular weight excluding hydrogens is 482 g/mol. The number of nitrogens with one attached hydrogen (secondary N) is 2. The lowest BCUT2D eigenvalue weighted by atomic mass is 10.1. The minimum absolute atomic E-state index is 0.0571. The summed E-state index contributed by atoms with van der Waals surface area (Å²) in [6.07, 6.45) is 4.81. The summed E-state index contributed by atoms with van der Waals surface area (Å²) in [5.41, 5.74) is 3.56. The zero-order valence-corrected chi connectivity index (χ0v) is 21.0. The van der Waals surface area contributed by atoms with Gasteiger partial charge in [0.2, 0.25) is 0 Å². The number of Topliss-reactive ketones (excluding diaryl/α,β-unsaturated/α-hetero) is 1. The molecule has 37 heavy (non-hydrogen) atoms. The van der Waals surface area contributed by atoms with Crippen molar-refractivity contribution in [3.63, 3.8) is 0 Å². The molecule has 4 rings (SSSR count). The second-order valence-electron chi connectivity index (χ2n) is 8.22. The summed E-state index contributed by atoms with van der Waals surface area (Å²) in [6, 6.07) is 27.0. The van der Waals surface area contributed by atoms with Gasteiger partial charge >= 0.3 is 0 Å². The van der Waals surface area contributed by atoms with Gasteiger partial charge in [0.1, 0.15) is 5.70 Å². The summed E-state index contributed by atoms with van der Waals surface area (Å²) in [6.45, 7) is 1.98. The topological polar surface area (TPSA) is 88.2 Å². The van der Waals surface area contributed by atoms with Crippen LogP contribution >= 0.6 is 11.8 Å². The van der Waals surface area contributed by atoms with E-state index in [0.717, 1.165) is 10.5 Å². The van der Waals surface area contributed by atoms with Crippen molar-refractivity contribution >= 4 is 41.1 Å². The molecule has 1 aromatic heterocycles. The van der Waals surface area contributed by atoms with E-state index in [-0.39, 0.29) is 11.5 Å². The Balaban J connectivity index is 1.42. The van der Waals surface area contributed by atoms with Crippen LogP contribution < -0.4 is 10.6 Å². The van der Waals surface area contributed by atoms with Gasteiger partial charge in [0.25, 0.3) is 11.8 Å².